The number of unbranched alkanes of at least 4 members (excludes halogenated alkanes) is 3. The topological polar surface area (TPSA) is 83.1 Å². The Morgan fingerprint density at radius 2 is 0.775 bits per heavy atom. The molecule has 0 heterocycles. The van der Waals surface area contributed by atoms with Crippen molar-refractivity contribution in [2.24, 2.45) is 0 Å². The standard InChI is InChI=1S/C28H60O9S2Si/c1-4-7-11-29-14-17-32-20-23-35-40(26-10-28(39)27-38,36-24-21-33-18-15-30-12-8-5-2)37-25-22-34-19-16-31-13-9-6-3/h28,38-39H,4-27H2,1-3H3. The molecule has 0 spiro atoms. The summed E-state index contributed by atoms with van der Waals surface area (Å²) in [7, 11) is -3.05. The molecule has 40 heavy (non-hydrogen) atoms. The van der Waals surface area contributed by atoms with E-state index < -0.39 is 8.80 Å². The van der Waals surface area contributed by atoms with Crippen molar-refractivity contribution in [3.05, 3.63) is 0 Å². The van der Waals surface area contributed by atoms with Gasteiger partial charge in [-0.15, -0.1) is 0 Å². The van der Waals surface area contributed by atoms with Gasteiger partial charge < -0.3 is 41.7 Å². The van der Waals surface area contributed by atoms with Gasteiger partial charge in [0.1, 0.15) is 0 Å². The van der Waals surface area contributed by atoms with E-state index >= 15 is 0 Å². The van der Waals surface area contributed by atoms with Crippen LogP contribution in [0.5, 0.6) is 0 Å². The number of thiol groups is 2. The predicted molar refractivity (Wildman–Crippen MR) is 169 cm³/mol. The molecule has 0 rings (SSSR count). The van der Waals surface area contributed by atoms with E-state index in [9.17, 15) is 0 Å². The van der Waals surface area contributed by atoms with Gasteiger partial charge in [-0.25, -0.2) is 0 Å². The Balaban J connectivity index is 4.72. The third-order valence-corrected chi connectivity index (χ3v) is 9.69. The van der Waals surface area contributed by atoms with Crippen LogP contribution in [0.15, 0.2) is 0 Å². The Hall–Kier alpha value is 0.557. The van der Waals surface area contributed by atoms with Crippen LogP contribution in [0.3, 0.4) is 0 Å². The van der Waals surface area contributed by atoms with E-state index in [0.717, 1.165) is 64.8 Å². The average Bonchev–Trinajstić information content (AvgIpc) is 2.97. The molecular weight excluding hydrogens is 573 g/mol. The molecule has 0 aromatic heterocycles. The summed E-state index contributed by atoms with van der Waals surface area (Å²) in [5.41, 5.74) is 0. The highest BCUT2D eigenvalue weighted by Crippen LogP contribution is 2.22. The Morgan fingerprint density at radius 3 is 1.07 bits per heavy atom. The lowest BCUT2D eigenvalue weighted by Gasteiger charge is -2.30. The zero-order chi connectivity index (χ0) is 29.4. The largest absolute Gasteiger partial charge is 0.501 e. The van der Waals surface area contributed by atoms with Crippen molar-refractivity contribution in [1.82, 2.24) is 0 Å². The first kappa shape index (κ1) is 40.6. The fraction of sp³-hybridized carbons (Fsp3) is 1.00. The maximum absolute atomic E-state index is 6.32. The molecule has 1 unspecified atom stereocenters. The first-order chi connectivity index (χ1) is 19.6. The Labute approximate surface area is 257 Å². The Bertz CT molecular complexity index is 444. The zero-order valence-corrected chi connectivity index (χ0v) is 28.4. The third kappa shape index (κ3) is 27.4. The summed E-state index contributed by atoms with van der Waals surface area (Å²) >= 11 is 9.01. The first-order valence-corrected chi connectivity index (χ1v) is 18.4. The van der Waals surface area contributed by atoms with Crippen LogP contribution in [0.2, 0.25) is 6.04 Å². The van der Waals surface area contributed by atoms with Crippen molar-refractivity contribution >= 4 is 34.1 Å². The molecule has 0 aromatic rings. The summed E-state index contributed by atoms with van der Waals surface area (Å²) in [4.78, 5) is 0. The number of rotatable bonds is 34. The molecule has 0 saturated heterocycles. The molecule has 0 radical (unpaired) electrons. The van der Waals surface area contributed by atoms with Gasteiger partial charge in [0.15, 0.2) is 0 Å². The van der Waals surface area contributed by atoms with E-state index in [-0.39, 0.29) is 5.25 Å². The lowest BCUT2D eigenvalue weighted by atomic mass is 10.4. The van der Waals surface area contributed by atoms with Crippen molar-refractivity contribution in [2.75, 3.05) is 105 Å². The van der Waals surface area contributed by atoms with Gasteiger partial charge in [0, 0.05) is 36.9 Å². The van der Waals surface area contributed by atoms with Crippen LogP contribution in [0.1, 0.15) is 65.7 Å². The maximum atomic E-state index is 6.32. The fourth-order valence-corrected chi connectivity index (χ4v) is 6.37. The second-order valence-corrected chi connectivity index (χ2v) is 13.2. The summed E-state index contributed by atoms with van der Waals surface area (Å²) in [6.45, 7) is 14.5. The Morgan fingerprint density at radius 1 is 0.475 bits per heavy atom. The zero-order valence-electron chi connectivity index (χ0n) is 25.6. The van der Waals surface area contributed by atoms with Crippen molar-refractivity contribution < 1.29 is 41.7 Å². The molecular formula is C28H60O9S2Si. The quantitative estimate of drug-likeness (QED) is 0.0573. The van der Waals surface area contributed by atoms with Crippen LogP contribution >= 0.6 is 25.3 Å². The van der Waals surface area contributed by atoms with Crippen molar-refractivity contribution in [1.29, 1.82) is 0 Å². The molecule has 12 heteroatoms. The molecule has 9 nitrogen and oxygen atoms in total. The highest BCUT2D eigenvalue weighted by molar-refractivity contribution is 7.84. The Kier molecular flexibility index (Phi) is 32.9. The molecule has 0 aliphatic rings. The van der Waals surface area contributed by atoms with Crippen molar-refractivity contribution in [3.63, 3.8) is 0 Å². The highest BCUT2D eigenvalue weighted by atomic mass is 32.1. The van der Waals surface area contributed by atoms with Crippen LogP contribution in [-0.2, 0) is 41.7 Å². The smallest absolute Gasteiger partial charge is 0.379 e. The molecule has 0 aromatic carbocycles. The van der Waals surface area contributed by atoms with Crippen LogP contribution < -0.4 is 0 Å². The summed E-state index contributed by atoms with van der Waals surface area (Å²) in [6.07, 6.45) is 7.33. The highest BCUT2D eigenvalue weighted by Gasteiger charge is 2.41. The minimum Gasteiger partial charge on any atom is -0.379 e. The van der Waals surface area contributed by atoms with Crippen LogP contribution in [0.25, 0.3) is 0 Å². The van der Waals surface area contributed by atoms with E-state index in [1.807, 2.05) is 0 Å². The second-order valence-electron chi connectivity index (χ2n) is 9.34. The van der Waals surface area contributed by atoms with Gasteiger partial charge >= 0.3 is 8.80 Å². The lowest BCUT2D eigenvalue weighted by Crippen LogP contribution is -2.48. The molecule has 0 saturated carbocycles. The van der Waals surface area contributed by atoms with Crippen LogP contribution in [-0.4, -0.2) is 119 Å². The van der Waals surface area contributed by atoms with E-state index in [4.69, 9.17) is 41.7 Å². The third-order valence-electron chi connectivity index (χ3n) is 5.69. The van der Waals surface area contributed by atoms with Crippen molar-refractivity contribution in [2.45, 2.75) is 77.0 Å². The SMILES string of the molecule is CCCCOCCOCCO[Si](CCC(S)CS)(OCCOCCOCCCC)OCCOCCOCCCC. The molecule has 0 fully saturated rings. The van der Waals surface area contributed by atoms with Gasteiger partial charge in [0.25, 0.3) is 0 Å². The summed E-state index contributed by atoms with van der Waals surface area (Å²) in [5, 5.41) is 0.121. The van der Waals surface area contributed by atoms with E-state index in [1.54, 1.807) is 0 Å². The fourth-order valence-electron chi connectivity index (χ4n) is 3.25. The van der Waals surface area contributed by atoms with Crippen LogP contribution in [0, 0.1) is 0 Å². The van der Waals surface area contributed by atoms with Crippen LogP contribution in [0.4, 0.5) is 0 Å². The monoisotopic (exact) mass is 632 g/mol. The first-order valence-electron chi connectivity index (χ1n) is 15.3. The molecule has 0 amide bonds. The number of hydrogen-bond acceptors (Lipinski definition) is 11. The minimum atomic E-state index is -3.05. The number of ether oxygens (including phenoxy) is 6. The van der Waals surface area contributed by atoms with Gasteiger partial charge in [-0.1, -0.05) is 40.0 Å². The van der Waals surface area contributed by atoms with Gasteiger partial charge in [0.05, 0.1) is 79.3 Å². The van der Waals surface area contributed by atoms with Gasteiger partial charge in [0.2, 0.25) is 0 Å². The molecule has 0 N–H and O–H groups in total. The lowest BCUT2D eigenvalue weighted by molar-refractivity contribution is -0.0162. The summed E-state index contributed by atoms with van der Waals surface area (Å²) < 4.78 is 52.8. The van der Waals surface area contributed by atoms with E-state index in [0.29, 0.717) is 91.1 Å². The average molecular weight is 633 g/mol. The van der Waals surface area contributed by atoms with E-state index in [1.165, 1.54) is 0 Å². The maximum Gasteiger partial charge on any atom is 0.501 e. The molecule has 242 valence electrons. The van der Waals surface area contributed by atoms with E-state index in [2.05, 4.69) is 46.0 Å². The van der Waals surface area contributed by atoms with Crippen molar-refractivity contribution in [3.8, 4) is 0 Å². The van der Waals surface area contributed by atoms with Gasteiger partial charge in [-0.3, -0.25) is 0 Å². The van der Waals surface area contributed by atoms with Gasteiger partial charge in [-0.2, -0.15) is 25.3 Å². The number of hydrogen-bond donors (Lipinski definition) is 2. The summed E-state index contributed by atoms with van der Waals surface area (Å²) in [5.74, 6) is 0.664. The molecule has 0 aliphatic heterocycles. The molecule has 0 aliphatic carbocycles. The second kappa shape index (κ2) is 32.5. The van der Waals surface area contributed by atoms with Gasteiger partial charge in [-0.05, 0) is 25.7 Å². The minimum absolute atomic E-state index is 0.121. The predicted octanol–water partition coefficient (Wildman–Crippen LogP) is 5.09. The summed E-state index contributed by atoms with van der Waals surface area (Å²) in [6, 6.07) is 0.627. The molecule has 1 atom stereocenters. The molecule has 0 bridgehead atoms. The normalized spacial score (nSPS) is 12.8.